The molecule has 3 aromatic rings. The van der Waals surface area contributed by atoms with Crippen LogP contribution in [-0.2, 0) is 12.6 Å². The molecule has 0 aliphatic heterocycles. The molecule has 28 heavy (non-hydrogen) atoms. The van der Waals surface area contributed by atoms with E-state index in [0.29, 0.717) is 17.2 Å². The first-order chi connectivity index (χ1) is 13.2. The van der Waals surface area contributed by atoms with E-state index in [4.69, 9.17) is 0 Å². The van der Waals surface area contributed by atoms with Crippen molar-refractivity contribution in [2.75, 3.05) is 0 Å². The van der Waals surface area contributed by atoms with Crippen molar-refractivity contribution in [2.24, 2.45) is 0 Å². The van der Waals surface area contributed by atoms with Crippen LogP contribution in [0.1, 0.15) is 37.3 Å². The lowest BCUT2D eigenvalue weighted by atomic mass is 9.97. The highest BCUT2D eigenvalue weighted by Crippen LogP contribution is 2.38. The third-order valence-electron chi connectivity index (χ3n) is 4.72. The van der Waals surface area contributed by atoms with Crippen molar-refractivity contribution in [3.63, 3.8) is 0 Å². The standard InChI is InChI=1S/C22H18F6/c1-2-3-4-5-13-6-8-14(9-7-13)15-10-16-12-18(24)20(22(26,27)28)21(25)19(16)17(23)11-15/h6-12H,2-5H2,1H3. The topological polar surface area (TPSA) is 0 Å². The van der Waals surface area contributed by atoms with Crippen LogP contribution in [0.2, 0.25) is 0 Å². The van der Waals surface area contributed by atoms with Gasteiger partial charge in [-0.25, -0.2) is 13.2 Å². The zero-order chi connectivity index (χ0) is 20.5. The Morgan fingerprint density at radius 3 is 2.07 bits per heavy atom. The quantitative estimate of drug-likeness (QED) is 0.307. The molecule has 0 spiro atoms. The van der Waals surface area contributed by atoms with E-state index in [-0.39, 0.29) is 5.39 Å². The van der Waals surface area contributed by atoms with Gasteiger partial charge in [-0.2, -0.15) is 13.2 Å². The van der Waals surface area contributed by atoms with Crippen molar-refractivity contribution in [3.05, 3.63) is 71.0 Å². The van der Waals surface area contributed by atoms with Crippen LogP contribution in [0.3, 0.4) is 0 Å². The van der Waals surface area contributed by atoms with Gasteiger partial charge in [-0.3, -0.25) is 0 Å². The number of alkyl halides is 3. The number of unbranched alkanes of at least 4 members (excludes halogenated alkanes) is 2. The van der Waals surface area contributed by atoms with Crippen molar-refractivity contribution in [3.8, 4) is 11.1 Å². The molecule has 0 aliphatic rings. The Bertz CT molecular complexity index is 987. The van der Waals surface area contributed by atoms with Crippen molar-refractivity contribution in [1.29, 1.82) is 0 Å². The molecule has 0 nitrogen and oxygen atoms in total. The fraction of sp³-hybridized carbons (Fsp3) is 0.273. The van der Waals surface area contributed by atoms with Crippen molar-refractivity contribution in [1.82, 2.24) is 0 Å². The summed E-state index contributed by atoms with van der Waals surface area (Å²) in [6.07, 6.45) is -1.05. The monoisotopic (exact) mass is 396 g/mol. The molecule has 0 radical (unpaired) electrons. The summed E-state index contributed by atoms with van der Waals surface area (Å²) in [5.41, 5.74) is -0.0159. The van der Waals surface area contributed by atoms with Crippen LogP contribution in [0.4, 0.5) is 26.3 Å². The molecule has 0 aromatic heterocycles. The molecular weight excluding hydrogens is 378 g/mol. The summed E-state index contributed by atoms with van der Waals surface area (Å²) in [4.78, 5) is 0. The number of aryl methyl sites for hydroxylation is 1. The Morgan fingerprint density at radius 2 is 1.46 bits per heavy atom. The molecule has 3 aromatic carbocycles. The zero-order valence-electron chi connectivity index (χ0n) is 15.1. The number of benzene rings is 3. The van der Waals surface area contributed by atoms with E-state index in [9.17, 15) is 26.3 Å². The smallest absolute Gasteiger partial charge is 0.206 e. The maximum Gasteiger partial charge on any atom is 0.422 e. The molecule has 0 unspecified atom stereocenters. The van der Waals surface area contributed by atoms with Gasteiger partial charge in [0.05, 0.1) is 5.39 Å². The highest BCUT2D eigenvalue weighted by atomic mass is 19.4. The molecule has 0 amide bonds. The Labute approximate surface area is 158 Å². The average Bonchev–Trinajstić information content (AvgIpc) is 2.60. The molecule has 0 saturated heterocycles. The first-order valence-electron chi connectivity index (χ1n) is 9.00. The summed E-state index contributed by atoms with van der Waals surface area (Å²) in [5.74, 6) is -4.86. The number of halogens is 6. The normalized spacial score (nSPS) is 12.0. The molecule has 0 aliphatic carbocycles. The van der Waals surface area contributed by atoms with Crippen LogP contribution in [0.25, 0.3) is 21.9 Å². The van der Waals surface area contributed by atoms with Gasteiger partial charge in [0, 0.05) is 0 Å². The molecule has 148 valence electrons. The Balaban J connectivity index is 2.03. The maximum absolute atomic E-state index is 14.4. The van der Waals surface area contributed by atoms with Gasteiger partial charge in [-0.05, 0) is 53.1 Å². The summed E-state index contributed by atoms with van der Waals surface area (Å²) < 4.78 is 81.1. The lowest BCUT2D eigenvalue weighted by Gasteiger charge is -2.13. The van der Waals surface area contributed by atoms with E-state index in [0.717, 1.165) is 37.3 Å². The highest BCUT2D eigenvalue weighted by molar-refractivity contribution is 5.89. The third-order valence-corrected chi connectivity index (χ3v) is 4.72. The third kappa shape index (κ3) is 4.01. The Morgan fingerprint density at radius 1 is 0.786 bits per heavy atom. The lowest BCUT2D eigenvalue weighted by molar-refractivity contribution is -0.142. The van der Waals surface area contributed by atoms with Gasteiger partial charge in [-0.1, -0.05) is 44.0 Å². The van der Waals surface area contributed by atoms with Gasteiger partial charge in [0.25, 0.3) is 0 Å². The minimum absolute atomic E-state index is 0.259. The van der Waals surface area contributed by atoms with E-state index in [1.807, 2.05) is 12.1 Å². The molecule has 0 saturated carbocycles. The van der Waals surface area contributed by atoms with E-state index in [1.54, 1.807) is 12.1 Å². The van der Waals surface area contributed by atoms with E-state index >= 15 is 0 Å². The zero-order valence-corrected chi connectivity index (χ0v) is 15.1. The fourth-order valence-corrected chi connectivity index (χ4v) is 3.28. The van der Waals surface area contributed by atoms with Crippen molar-refractivity contribution >= 4 is 10.8 Å². The lowest BCUT2D eigenvalue weighted by Crippen LogP contribution is -2.12. The van der Waals surface area contributed by atoms with Crippen LogP contribution in [0, 0.1) is 17.5 Å². The molecule has 0 bridgehead atoms. The second-order valence-corrected chi connectivity index (χ2v) is 6.76. The van der Waals surface area contributed by atoms with Crippen LogP contribution >= 0.6 is 0 Å². The number of fused-ring (bicyclic) bond motifs is 1. The largest absolute Gasteiger partial charge is 0.422 e. The maximum atomic E-state index is 14.4. The minimum Gasteiger partial charge on any atom is -0.206 e. The number of rotatable bonds is 5. The summed E-state index contributed by atoms with van der Waals surface area (Å²) in [6, 6.07) is 10.1. The molecule has 0 atom stereocenters. The number of hydrogen-bond acceptors (Lipinski definition) is 0. The van der Waals surface area contributed by atoms with Gasteiger partial charge in [-0.15, -0.1) is 0 Å². The Hall–Kier alpha value is -2.50. The molecule has 6 heteroatoms. The Kier molecular flexibility index (Phi) is 5.68. The van der Waals surface area contributed by atoms with Crippen LogP contribution in [0.15, 0.2) is 42.5 Å². The van der Waals surface area contributed by atoms with E-state index in [1.165, 1.54) is 6.07 Å². The van der Waals surface area contributed by atoms with E-state index < -0.39 is 34.6 Å². The summed E-state index contributed by atoms with van der Waals surface area (Å²) in [5, 5.41) is -1.13. The fourth-order valence-electron chi connectivity index (χ4n) is 3.28. The molecule has 0 fully saturated rings. The van der Waals surface area contributed by atoms with Crippen LogP contribution < -0.4 is 0 Å². The van der Waals surface area contributed by atoms with Gasteiger partial charge in [0.2, 0.25) is 0 Å². The predicted octanol–water partition coefficient (Wildman–Crippen LogP) is 7.68. The van der Waals surface area contributed by atoms with E-state index in [2.05, 4.69) is 6.92 Å². The molecule has 0 heterocycles. The predicted molar refractivity (Wildman–Crippen MR) is 97.5 cm³/mol. The highest BCUT2D eigenvalue weighted by Gasteiger charge is 2.39. The summed E-state index contributed by atoms with van der Waals surface area (Å²) >= 11 is 0. The second-order valence-electron chi connectivity index (χ2n) is 6.76. The van der Waals surface area contributed by atoms with Crippen LogP contribution in [0.5, 0.6) is 0 Å². The number of hydrogen-bond donors (Lipinski definition) is 0. The van der Waals surface area contributed by atoms with Gasteiger partial charge < -0.3 is 0 Å². The second kappa shape index (κ2) is 7.86. The first-order valence-corrected chi connectivity index (χ1v) is 9.00. The summed E-state index contributed by atoms with van der Waals surface area (Å²) in [7, 11) is 0. The molecule has 0 N–H and O–H groups in total. The van der Waals surface area contributed by atoms with Gasteiger partial charge in [0.1, 0.15) is 23.0 Å². The van der Waals surface area contributed by atoms with Crippen molar-refractivity contribution in [2.45, 2.75) is 38.8 Å². The molecule has 3 rings (SSSR count). The average molecular weight is 396 g/mol. The van der Waals surface area contributed by atoms with Crippen molar-refractivity contribution < 1.29 is 26.3 Å². The summed E-state index contributed by atoms with van der Waals surface area (Å²) in [6.45, 7) is 2.11. The SMILES string of the molecule is CCCCCc1ccc(-c2cc(F)c3c(F)c(C(F)(F)F)c(F)cc3c2)cc1. The first kappa shape index (κ1) is 20.2. The van der Waals surface area contributed by atoms with Gasteiger partial charge >= 0.3 is 6.18 Å². The van der Waals surface area contributed by atoms with Crippen LogP contribution in [-0.4, -0.2) is 0 Å². The minimum atomic E-state index is -5.25. The van der Waals surface area contributed by atoms with Gasteiger partial charge in [0.15, 0.2) is 0 Å². The molecular formula is C22H18F6.